The van der Waals surface area contributed by atoms with E-state index in [0.717, 1.165) is 5.06 Å². The van der Waals surface area contributed by atoms with Crippen molar-refractivity contribution in [3.8, 4) is 0 Å². The minimum Gasteiger partial charge on any atom is -0.317 e. The Kier molecular flexibility index (Phi) is 3.16. The molecular weight excluding hydrogens is 232 g/mol. The summed E-state index contributed by atoms with van der Waals surface area (Å²) in [5, 5.41) is 2.29. The second-order valence-corrected chi connectivity index (χ2v) is 3.99. The molecule has 0 bridgehead atoms. The highest BCUT2D eigenvalue weighted by Gasteiger charge is 2.16. The Morgan fingerprint density at radius 1 is 1.28 bits per heavy atom. The second kappa shape index (κ2) is 4.62. The zero-order valence-electron chi connectivity index (χ0n) is 10.5. The summed E-state index contributed by atoms with van der Waals surface area (Å²) in [4.78, 5) is 29.0. The van der Waals surface area contributed by atoms with Crippen LogP contribution in [0, 0.1) is 0 Å². The van der Waals surface area contributed by atoms with Crippen molar-refractivity contribution in [2.75, 3.05) is 14.2 Å². The molecule has 0 fully saturated rings. The standard InChI is InChI=1S/C13H14N2O3/c1-14-8-11(13(17)15(2)18-3)9-6-4-5-7-10(9)12(14)16/h4-8H,1-3H3. The minimum absolute atomic E-state index is 0.123. The average molecular weight is 246 g/mol. The van der Waals surface area contributed by atoms with Gasteiger partial charge in [-0.1, -0.05) is 18.2 Å². The van der Waals surface area contributed by atoms with Crippen molar-refractivity contribution in [1.29, 1.82) is 0 Å². The molecule has 0 aliphatic rings. The van der Waals surface area contributed by atoms with Gasteiger partial charge in [-0.05, 0) is 6.07 Å². The van der Waals surface area contributed by atoms with Crippen LogP contribution in [0.5, 0.6) is 0 Å². The van der Waals surface area contributed by atoms with Crippen molar-refractivity contribution >= 4 is 16.7 Å². The number of nitrogens with zero attached hydrogens (tertiary/aromatic N) is 2. The highest BCUT2D eigenvalue weighted by atomic mass is 16.7. The Balaban J connectivity index is 2.76. The van der Waals surface area contributed by atoms with Crippen LogP contribution in [0.2, 0.25) is 0 Å². The molecule has 94 valence electrons. The number of hydroxylamine groups is 2. The molecule has 0 unspecified atom stereocenters. The third-order valence-electron chi connectivity index (χ3n) is 2.88. The molecule has 0 radical (unpaired) electrons. The lowest BCUT2D eigenvalue weighted by Gasteiger charge is -2.15. The van der Waals surface area contributed by atoms with E-state index < -0.39 is 0 Å². The number of pyridine rings is 1. The molecule has 0 atom stereocenters. The third-order valence-corrected chi connectivity index (χ3v) is 2.88. The molecule has 5 nitrogen and oxygen atoms in total. The number of hydrogen-bond donors (Lipinski definition) is 0. The van der Waals surface area contributed by atoms with Crippen molar-refractivity contribution in [2.45, 2.75) is 0 Å². The Morgan fingerprint density at radius 3 is 2.50 bits per heavy atom. The van der Waals surface area contributed by atoms with Crippen LogP contribution in [0.4, 0.5) is 0 Å². The van der Waals surface area contributed by atoms with Gasteiger partial charge in [0.25, 0.3) is 11.5 Å². The van der Waals surface area contributed by atoms with E-state index in [9.17, 15) is 9.59 Å². The Bertz CT molecular complexity index is 661. The quantitative estimate of drug-likeness (QED) is 0.747. The fourth-order valence-corrected chi connectivity index (χ4v) is 1.84. The summed E-state index contributed by atoms with van der Waals surface area (Å²) >= 11 is 0. The van der Waals surface area contributed by atoms with Crippen LogP contribution in [0.15, 0.2) is 35.3 Å². The van der Waals surface area contributed by atoms with Crippen LogP contribution in [0.3, 0.4) is 0 Å². The summed E-state index contributed by atoms with van der Waals surface area (Å²) in [5.74, 6) is -0.288. The highest BCUT2D eigenvalue weighted by Crippen LogP contribution is 2.16. The van der Waals surface area contributed by atoms with Gasteiger partial charge in [0.15, 0.2) is 0 Å². The maximum Gasteiger partial charge on any atom is 0.279 e. The number of benzene rings is 1. The van der Waals surface area contributed by atoms with Crippen molar-refractivity contribution in [3.05, 3.63) is 46.4 Å². The maximum absolute atomic E-state index is 12.1. The van der Waals surface area contributed by atoms with Gasteiger partial charge in [-0.15, -0.1) is 0 Å². The predicted molar refractivity (Wildman–Crippen MR) is 68.3 cm³/mol. The first kappa shape index (κ1) is 12.3. The molecule has 2 rings (SSSR count). The van der Waals surface area contributed by atoms with E-state index in [4.69, 9.17) is 4.84 Å². The van der Waals surface area contributed by atoms with Gasteiger partial charge in [0.1, 0.15) is 0 Å². The van der Waals surface area contributed by atoms with E-state index in [1.165, 1.54) is 24.9 Å². The molecule has 18 heavy (non-hydrogen) atoms. The summed E-state index contributed by atoms with van der Waals surface area (Å²) in [5.41, 5.74) is 0.319. The highest BCUT2D eigenvalue weighted by molar-refractivity contribution is 6.06. The van der Waals surface area contributed by atoms with E-state index in [-0.39, 0.29) is 11.5 Å². The van der Waals surface area contributed by atoms with Crippen LogP contribution < -0.4 is 5.56 Å². The SMILES string of the molecule is CON(C)C(=O)c1cn(C)c(=O)c2ccccc12. The summed E-state index contributed by atoms with van der Waals surface area (Å²) in [7, 11) is 4.57. The number of fused-ring (bicyclic) bond motifs is 1. The van der Waals surface area contributed by atoms with Crippen LogP contribution in [0.1, 0.15) is 10.4 Å². The van der Waals surface area contributed by atoms with Crippen LogP contribution >= 0.6 is 0 Å². The zero-order valence-corrected chi connectivity index (χ0v) is 10.5. The molecule has 0 aliphatic heterocycles. The van der Waals surface area contributed by atoms with Gasteiger partial charge in [-0.2, -0.15) is 0 Å². The number of carbonyl (C=O) groups excluding carboxylic acids is 1. The number of amides is 1. The Hall–Kier alpha value is -2.14. The molecular formula is C13H14N2O3. The minimum atomic E-state index is -0.288. The number of carbonyl (C=O) groups is 1. The topological polar surface area (TPSA) is 51.5 Å². The summed E-state index contributed by atoms with van der Waals surface area (Å²) in [6, 6.07) is 7.04. The fourth-order valence-electron chi connectivity index (χ4n) is 1.84. The van der Waals surface area contributed by atoms with E-state index in [0.29, 0.717) is 16.3 Å². The number of aromatic nitrogens is 1. The van der Waals surface area contributed by atoms with Gasteiger partial charge in [0.05, 0.1) is 12.7 Å². The first-order valence-electron chi connectivity index (χ1n) is 5.46. The summed E-state index contributed by atoms with van der Waals surface area (Å²) < 4.78 is 1.40. The number of rotatable bonds is 2. The van der Waals surface area contributed by atoms with Crippen LogP contribution in [-0.4, -0.2) is 29.7 Å². The van der Waals surface area contributed by atoms with E-state index in [1.807, 2.05) is 0 Å². The summed E-state index contributed by atoms with van der Waals surface area (Å²) in [6.45, 7) is 0. The Morgan fingerprint density at radius 2 is 1.89 bits per heavy atom. The first-order valence-corrected chi connectivity index (χ1v) is 5.46. The van der Waals surface area contributed by atoms with E-state index in [2.05, 4.69) is 0 Å². The third kappa shape index (κ3) is 1.89. The number of aryl methyl sites for hydroxylation is 1. The number of hydrogen-bond acceptors (Lipinski definition) is 3. The molecule has 1 amide bonds. The van der Waals surface area contributed by atoms with Crippen molar-refractivity contribution in [3.63, 3.8) is 0 Å². The maximum atomic E-state index is 12.1. The van der Waals surface area contributed by atoms with Crippen molar-refractivity contribution in [1.82, 2.24) is 9.63 Å². The lowest BCUT2D eigenvalue weighted by atomic mass is 10.1. The smallest absolute Gasteiger partial charge is 0.279 e. The molecule has 2 aromatic rings. The van der Waals surface area contributed by atoms with E-state index >= 15 is 0 Å². The second-order valence-electron chi connectivity index (χ2n) is 3.99. The van der Waals surface area contributed by atoms with Gasteiger partial charge in [0, 0.05) is 31.1 Å². The molecule has 0 spiro atoms. The van der Waals surface area contributed by atoms with Gasteiger partial charge < -0.3 is 4.57 Å². The van der Waals surface area contributed by atoms with Gasteiger partial charge in [-0.25, -0.2) is 5.06 Å². The van der Waals surface area contributed by atoms with Crippen molar-refractivity contribution in [2.24, 2.45) is 7.05 Å². The molecule has 0 saturated carbocycles. The molecule has 1 aromatic heterocycles. The van der Waals surface area contributed by atoms with Gasteiger partial charge >= 0.3 is 0 Å². The molecule has 1 aromatic carbocycles. The molecule has 1 heterocycles. The largest absolute Gasteiger partial charge is 0.317 e. The average Bonchev–Trinajstić information content (AvgIpc) is 2.41. The lowest BCUT2D eigenvalue weighted by Crippen LogP contribution is -2.28. The molecule has 0 saturated heterocycles. The normalized spacial score (nSPS) is 10.6. The van der Waals surface area contributed by atoms with E-state index in [1.54, 1.807) is 31.3 Å². The lowest BCUT2D eigenvalue weighted by molar-refractivity contribution is -0.0756. The predicted octanol–water partition coefficient (Wildman–Crippen LogP) is 1.17. The van der Waals surface area contributed by atoms with Crippen LogP contribution in [0.25, 0.3) is 10.8 Å². The first-order chi connectivity index (χ1) is 8.56. The monoisotopic (exact) mass is 246 g/mol. The van der Waals surface area contributed by atoms with Crippen molar-refractivity contribution < 1.29 is 9.63 Å². The molecule has 0 aliphatic carbocycles. The summed E-state index contributed by atoms with van der Waals surface area (Å²) in [6.07, 6.45) is 1.53. The van der Waals surface area contributed by atoms with Gasteiger partial charge in [-0.3, -0.25) is 14.4 Å². The van der Waals surface area contributed by atoms with Crippen LogP contribution in [-0.2, 0) is 11.9 Å². The molecule has 0 N–H and O–H groups in total. The molecule has 5 heteroatoms. The fraction of sp³-hybridized carbons (Fsp3) is 0.231. The van der Waals surface area contributed by atoms with Gasteiger partial charge in [0.2, 0.25) is 0 Å². The Labute approximate surface area is 104 Å². The zero-order chi connectivity index (χ0) is 13.3.